The molecule has 6 heteroatoms. The number of thioether (sulfide) groups is 2. The average molecular weight is 442 g/mol. The van der Waals surface area contributed by atoms with Crippen LogP contribution in [0.4, 0.5) is 0 Å². The van der Waals surface area contributed by atoms with Gasteiger partial charge in [0.05, 0.1) is 22.0 Å². The molecule has 1 N–H and O–H groups in total. The van der Waals surface area contributed by atoms with Crippen molar-refractivity contribution in [3.63, 3.8) is 0 Å². The molecular weight excluding hydrogens is 422 g/mol. The van der Waals surface area contributed by atoms with Crippen LogP contribution in [0.2, 0.25) is 0 Å². The van der Waals surface area contributed by atoms with Crippen LogP contribution in [0.15, 0.2) is 57.9 Å². The molecule has 2 nitrogen and oxygen atoms in total. The first-order chi connectivity index (χ1) is 11.6. The second kappa shape index (κ2) is 9.01. The Morgan fingerprint density at radius 3 is 2.46 bits per heavy atom. The summed E-state index contributed by atoms with van der Waals surface area (Å²) in [4.78, 5) is 0.823. The number of halogens is 1. The summed E-state index contributed by atoms with van der Waals surface area (Å²) < 4.78 is 17.7. The molecule has 1 unspecified atom stereocenters. The molecule has 1 aliphatic rings. The van der Waals surface area contributed by atoms with E-state index in [1.54, 1.807) is 0 Å². The average Bonchev–Trinajstić information content (AvgIpc) is 2.61. The lowest BCUT2D eigenvalue weighted by molar-refractivity contribution is 0.563. The quantitative estimate of drug-likeness (QED) is 0.637. The maximum absolute atomic E-state index is 12.9. The Bertz CT molecular complexity index is 662. The molecule has 0 bridgehead atoms. The largest absolute Gasteiger partial charge is 0.593 e. The zero-order valence-corrected chi connectivity index (χ0v) is 17.4. The minimum atomic E-state index is -1.23. The maximum Gasteiger partial charge on any atom is 0.173 e. The number of nitrogens with one attached hydrogen (secondary N) is 1. The van der Waals surface area contributed by atoms with Crippen LogP contribution in [0.5, 0.6) is 0 Å². The first-order valence-electron chi connectivity index (χ1n) is 7.87. The Morgan fingerprint density at radius 1 is 1.12 bits per heavy atom. The van der Waals surface area contributed by atoms with E-state index in [-0.39, 0.29) is 6.04 Å². The molecule has 2 aromatic rings. The summed E-state index contributed by atoms with van der Waals surface area (Å²) in [5.41, 5.74) is 2.35. The third-order valence-corrected chi connectivity index (χ3v) is 8.79. The van der Waals surface area contributed by atoms with Gasteiger partial charge in [-0.3, -0.25) is 0 Å². The van der Waals surface area contributed by atoms with E-state index in [1.165, 1.54) is 17.5 Å². The number of hydrogen-bond acceptors (Lipinski definition) is 4. The molecular formula is C18H20BrNOS3. The molecule has 0 aliphatic carbocycles. The lowest BCUT2D eigenvalue weighted by atomic mass is 10.1. The van der Waals surface area contributed by atoms with Crippen molar-refractivity contribution in [2.24, 2.45) is 0 Å². The third kappa shape index (κ3) is 4.74. The molecule has 1 fully saturated rings. The van der Waals surface area contributed by atoms with Gasteiger partial charge in [-0.2, -0.15) is 0 Å². The van der Waals surface area contributed by atoms with Crippen molar-refractivity contribution in [1.29, 1.82) is 0 Å². The third-order valence-electron chi connectivity index (χ3n) is 3.83. The Balaban J connectivity index is 1.84. The van der Waals surface area contributed by atoms with E-state index < -0.39 is 11.4 Å². The second-order valence-electron chi connectivity index (χ2n) is 5.66. The van der Waals surface area contributed by atoms with Gasteiger partial charge in [-0.1, -0.05) is 51.8 Å². The normalized spacial score (nSPS) is 18.3. The monoisotopic (exact) mass is 441 g/mol. The molecule has 2 atom stereocenters. The predicted octanol–water partition coefficient (Wildman–Crippen LogP) is 5.31. The highest BCUT2D eigenvalue weighted by molar-refractivity contribution is 9.10. The van der Waals surface area contributed by atoms with Crippen molar-refractivity contribution in [3.8, 4) is 0 Å². The standard InChI is InChI=1S/C18H20BrNOS3/c1-13-7-9-14(10-8-13)24(21)20-17(18-22-11-4-12-23-18)15-5-2-3-6-16(15)19/h2-3,5-10,17-18,20H,4,11-12H2,1H3/t17?,24-/m0/s1. The Hall–Kier alpha value is -0.110. The van der Waals surface area contributed by atoms with Crippen molar-refractivity contribution in [1.82, 2.24) is 4.72 Å². The Morgan fingerprint density at radius 2 is 1.79 bits per heavy atom. The van der Waals surface area contributed by atoms with E-state index in [4.69, 9.17) is 0 Å². The first-order valence-corrected chi connectivity index (χ1v) is 11.9. The predicted molar refractivity (Wildman–Crippen MR) is 111 cm³/mol. The van der Waals surface area contributed by atoms with Crippen LogP contribution >= 0.6 is 39.5 Å². The summed E-state index contributed by atoms with van der Waals surface area (Å²) in [5.74, 6) is 2.33. The highest BCUT2D eigenvalue weighted by atomic mass is 79.9. The molecule has 0 saturated carbocycles. The zero-order chi connectivity index (χ0) is 16.9. The van der Waals surface area contributed by atoms with Crippen LogP contribution in [0.1, 0.15) is 23.6 Å². The van der Waals surface area contributed by atoms with Crippen LogP contribution in [0.25, 0.3) is 0 Å². The topological polar surface area (TPSA) is 35.1 Å². The number of benzene rings is 2. The Kier molecular flexibility index (Phi) is 7.01. The van der Waals surface area contributed by atoms with Gasteiger partial charge in [0.15, 0.2) is 4.90 Å². The second-order valence-corrected chi connectivity index (χ2v) is 10.6. The van der Waals surface area contributed by atoms with Crippen molar-refractivity contribution in [2.45, 2.75) is 28.9 Å². The number of aryl methyl sites for hydroxylation is 1. The van der Waals surface area contributed by atoms with E-state index in [1.807, 2.05) is 66.8 Å². The molecule has 2 aromatic carbocycles. The lowest BCUT2D eigenvalue weighted by Crippen LogP contribution is -2.35. The highest BCUT2D eigenvalue weighted by Gasteiger charge is 2.31. The smallest absolute Gasteiger partial charge is 0.173 e. The molecule has 1 saturated heterocycles. The van der Waals surface area contributed by atoms with Crippen molar-refractivity contribution in [3.05, 3.63) is 64.1 Å². The maximum atomic E-state index is 12.9. The molecule has 0 aromatic heterocycles. The fraction of sp³-hybridized carbons (Fsp3) is 0.333. The summed E-state index contributed by atoms with van der Waals surface area (Å²) in [5, 5.41) is 0. The van der Waals surface area contributed by atoms with Gasteiger partial charge in [0.25, 0.3) is 0 Å². The van der Waals surface area contributed by atoms with Crippen molar-refractivity contribution >= 4 is 50.8 Å². The minimum absolute atomic E-state index is 0.0398. The summed E-state index contributed by atoms with van der Waals surface area (Å²) in [6.45, 7) is 2.04. The fourth-order valence-corrected chi connectivity index (χ4v) is 7.30. The van der Waals surface area contributed by atoms with E-state index >= 15 is 0 Å². The van der Waals surface area contributed by atoms with Gasteiger partial charge in [0.1, 0.15) is 0 Å². The van der Waals surface area contributed by atoms with Crippen LogP contribution in [-0.4, -0.2) is 20.6 Å². The first kappa shape index (κ1) is 18.7. The molecule has 0 radical (unpaired) electrons. The van der Waals surface area contributed by atoms with E-state index in [2.05, 4.69) is 32.8 Å². The molecule has 0 amide bonds. The number of rotatable bonds is 5. The molecule has 24 heavy (non-hydrogen) atoms. The summed E-state index contributed by atoms with van der Waals surface area (Å²) in [7, 11) is 0. The van der Waals surface area contributed by atoms with Gasteiger partial charge < -0.3 is 4.55 Å². The van der Waals surface area contributed by atoms with Gasteiger partial charge >= 0.3 is 0 Å². The fourth-order valence-electron chi connectivity index (χ4n) is 2.54. The van der Waals surface area contributed by atoms with E-state index in [9.17, 15) is 4.55 Å². The molecule has 128 valence electrons. The lowest BCUT2D eigenvalue weighted by Gasteiger charge is -2.30. The van der Waals surface area contributed by atoms with Crippen LogP contribution < -0.4 is 4.72 Å². The van der Waals surface area contributed by atoms with Gasteiger partial charge in [-0.15, -0.1) is 28.2 Å². The number of hydrogen-bond donors (Lipinski definition) is 1. The highest BCUT2D eigenvalue weighted by Crippen LogP contribution is 2.41. The van der Waals surface area contributed by atoms with Crippen LogP contribution in [0, 0.1) is 6.92 Å². The van der Waals surface area contributed by atoms with Gasteiger partial charge in [-0.25, -0.2) is 0 Å². The summed E-state index contributed by atoms with van der Waals surface area (Å²) in [6, 6.07) is 16.2. The van der Waals surface area contributed by atoms with Crippen molar-refractivity contribution in [2.75, 3.05) is 11.5 Å². The molecule has 3 rings (SSSR count). The van der Waals surface area contributed by atoms with Crippen LogP contribution in [0.3, 0.4) is 0 Å². The Labute approximate surface area is 164 Å². The van der Waals surface area contributed by atoms with Crippen molar-refractivity contribution < 1.29 is 4.55 Å². The van der Waals surface area contributed by atoms with Crippen LogP contribution in [-0.2, 0) is 11.4 Å². The molecule has 1 heterocycles. The minimum Gasteiger partial charge on any atom is -0.593 e. The SMILES string of the molecule is Cc1ccc([S@+]([O-])NC(c2ccccc2Br)C2SCCCS2)cc1. The van der Waals surface area contributed by atoms with E-state index in [0.29, 0.717) is 4.58 Å². The van der Waals surface area contributed by atoms with Gasteiger partial charge in [-0.05, 0) is 48.6 Å². The van der Waals surface area contributed by atoms with Gasteiger partial charge in [0.2, 0.25) is 0 Å². The zero-order valence-electron chi connectivity index (χ0n) is 13.4. The summed E-state index contributed by atoms with van der Waals surface area (Å²) >= 11 is 6.35. The molecule has 1 aliphatic heterocycles. The summed E-state index contributed by atoms with van der Waals surface area (Å²) in [6.07, 6.45) is 1.25. The molecule has 0 spiro atoms. The van der Waals surface area contributed by atoms with E-state index in [0.717, 1.165) is 20.9 Å². The van der Waals surface area contributed by atoms with Gasteiger partial charge in [0, 0.05) is 4.47 Å².